The van der Waals surface area contributed by atoms with Gasteiger partial charge in [-0.15, -0.1) is 0 Å². The molecule has 0 saturated heterocycles. The Morgan fingerprint density at radius 3 is 3.05 bits per heavy atom. The number of aromatic nitrogens is 4. The second kappa shape index (κ2) is 5.18. The smallest absolute Gasteiger partial charge is 0.172 e. The second-order valence-corrected chi connectivity index (χ2v) is 5.53. The van der Waals surface area contributed by atoms with E-state index in [9.17, 15) is 0 Å². The van der Waals surface area contributed by atoms with Gasteiger partial charge in [-0.25, -0.2) is 15.0 Å². The van der Waals surface area contributed by atoms with Crippen LogP contribution < -0.4 is 4.74 Å². The number of aromatic amines is 1. The minimum Gasteiger partial charge on any atom is -0.497 e. The molecule has 0 unspecified atom stereocenters. The van der Waals surface area contributed by atoms with Crippen LogP contribution in [0.2, 0.25) is 0 Å². The molecule has 0 amide bonds. The van der Waals surface area contributed by atoms with E-state index in [1.165, 1.54) is 18.1 Å². The molecule has 0 fully saturated rings. The Bertz CT molecular complexity index is 731. The zero-order chi connectivity index (χ0) is 13.2. The lowest BCUT2D eigenvalue weighted by Gasteiger charge is -1.98. The van der Waals surface area contributed by atoms with Gasteiger partial charge in [-0.1, -0.05) is 0 Å². The van der Waals surface area contributed by atoms with Crippen molar-refractivity contribution in [2.75, 3.05) is 7.11 Å². The van der Waals surface area contributed by atoms with E-state index in [0.717, 1.165) is 31.4 Å². The van der Waals surface area contributed by atoms with Crippen LogP contribution in [0.1, 0.15) is 0 Å². The first-order valence-corrected chi connectivity index (χ1v) is 7.04. The van der Waals surface area contributed by atoms with Crippen LogP contribution in [0.25, 0.3) is 11.0 Å². The molecule has 1 aromatic carbocycles. The van der Waals surface area contributed by atoms with Gasteiger partial charge in [0.2, 0.25) is 0 Å². The van der Waals surface area contributed by atoms with Crippen molar-refractivity contribution in [3.63, 3.8) is 0 Å². The first-order chi connectivity index (χ1) is 9.26. The maximum absolute atomic E-state index is 5.19. The lowest BCUT2D eigenvalue weighted by molar-refractivity contribution is 0.415. The molecule has 7 heteroatoms. The van der Waals surface area contributed by atoms with Crippen LogP contribution in [0.3, 0.4) is 0 Å². The van der Waals surface area contributed by atoms with Crippen LogP contribution in [-0.2, 0) is 0 Å². The van der Waals surface area contributed by atoms with Crippen molar-refractivity contribution in [3.05, 3.63) is 35.2 Å². The molecule has 96 valence electrons. The van der Waals surface area contributed by atoms with Crippen molar-refractivity contribution in [1.29, 1.82) is 0 Å². The summed E-state index contributed by atoms with van der Waals surface area (Å²) in [6, 6.07) is 5.73. The first-order valence-electron chi connectivity index (χ1n) is 5.43. The molecule has 2 heterocycles. The summed E-state index contributed by atoms with van der Waals surface area (Å²) in [6.07, 6.45) is 3.22. The van der Waals surface area contributed by atoms with Gasteiger partial charge in [-0.2, -0.15) is 0 Å². The fourth-order valence-corrected chi connectivity index (χ4v) is 2.81. The summed E-state index contributed by atoms with van der Waals surface area (Å²) >= 11 is 4.86. The zero-order valence-corrected chi connectivity index (χ0v) is 12.3. The summed E-state index contributed by atoms with van der Waals surface area (Å²) in [5, 5.41) is 1.60. The third-order valence-corrected chi connectivity index (χ3v) is 4.24. The van der Waals surface area contributed by atoms with Gasteiger partial charge in [0.15, 0.2) is 5.16 Å². The van der Waals surface area contributed by atoms with E-state index < -0.39 is 0 Å². The topological polar surface area (TPSA) is 63.7 Å². The van der Waals surface area contributed by atoms with Gasteiger partial charge >= 0.3 is 0 Å². The Kier molecular flexibility index (Phi) is 3.39. The second-order valence-electron chi connectivity index (χ2n) is 3.70. The number of fused-ring (bicyclic) bond motifs is 1. The van der Waals surface area contributed by atoms with Crippen LogP contribution in [0, 0.1) is 0 Å². The highest BCUT2D eigenvalue weighted by Gasteiger charge is 2.09. The van der Waals surface area contributed by atoms with Crippen molar-refractivity contribution >= 4 is 38.7 Å². The number of hydrogen-bond acceptors (Lipinski definition) is 5. The monoisotopic (exact) mass is 336 g/mol. The van der Waals surface area contributed by atoms with Crippen molar-refractivity contribution in [1.82, 2.24) is 19.9 Å². The van der Waals surface area contributed by atoms with Crippen molar-refractivity contribution in [2.45, 2.75) is 10.2 Å². The summed E-state index contributed by atoms with van der Waals surface area (Å²) in [4.78, 5) is 15.9. The molecule has 3 rings (SSSR count). The van der Waals surface area contributed by atoms with Crippen LogP contribution in [0.4, 0.5) is 0 Å². The fourth-order valence-electron chi connectivity index (χ4n) is 1.61. The number of ether oxygens (including phenoxy) is 1. The highest BCUT2D eigenvalue weighted by Crippen LogP contribution is 2.31. The number of halogens is 1. The third kappa shape index (κ3) is 2.57. The summed E-state index contributed by atoms with van der Waals surface area (Å²) in [7, 11) is 1.64. The highest BCUT2D eigenvalue weighted by molar-refractivity contribution is 9.10. The summed E-state index contributed by atoms with van der Waals surface area (Å²) < 4.78 is 6.03. The maximum Gasteiger partial charge on any atom is 0.172 e. The number of nitrogens with zero attached hydrogens (tertiary/aromatic N) is 3. The number of imidazole rings is 1. The lowest BCUT2D eigenvalue weighted by atomic mass is 10.3. The molecule has 19 heavy (non-hydrogen) atoms. The van der Waals surface area contributed by atoms with Crippen LogP contribution in [0.5, 0.6) is 5.75 Å². The van der Waals surface area contributed by atoms with Crippen molar-refractivity contribution in [3.8, 4) is 5.75 Å². The molecule has 0 spiro atoms. The van der Waals surface area contributed by atoms with Gasteiger partial charge in [0.1, 0.15) is 17.1 Å². The predicted molar refractivity (Wildman–Crippen MR) is 76.5 cm³/mol. The van der Waals surface area contributed by atoms with E-state index in [0.29, 0.717) is 0 Å². The van der Waals surface area contributed by atoms with E-state index in [4.69, 9.17) is 4.74 Å². The zero-order valence-electron chi connectivity index (χ0n) is 9.92. The molecule has 5 nitrogen and oxygen atoms in total. The molecular weight excluding hydrogens is 328 g/mol. The predicted octanol–water partition coefficient (Wildman–Crippen LogP) is 3.28. The SMILES string of the molecule is COc1ccc2nc(Sc3ncncc3Br)[nH]c2c1. The number of H-pyrrole nitrogens is 1. The third-order valence-electron chi connectivity index (χ3n) is 2.49. The molecule has 0 radical (unpaired) electrons. The standard InChI is InChI=1S/C12H9BrN4OS/c1-18-7-2-3-9-10(4-7)17-12(16-9)19-11-8(13)5-14-6-15-11/h2-6H,1H3,(H,16,17). The normalized spacial score (nSPS) is 10.8. The molecular formula is C12H9BrN4OS. The molecule has 1 N–H and O–H groups in total. The van der Waals surface area contributed by atoms with Crippen molar-refractivity contribution < 1.29 is 4.74 Å². The van der Waals surface area contributed by atoms with Gasteiger partial charge in [-0.05, 0) is 39.8 Å². The number of hydrogen-bond donors (Lipinski definition) is 1. The number of benzene rings is 1. The molecule has 0 aliphatic heterocycles. The van der Waals surface area contributed by atoms with E-state index in [2.05, 4.69) is 35.9 Å². The van der Waals surface area contributed by atoms with E-state index in [1.54, 1.807) is 13.3 Å². The number of nitrogens with one attached hydrogen (secondary N) is 1. The summed E-state index contributed by atoms with van der Waals surface area (Å²) in [5.41, 5.74) is 1.83. The molecule has 0 saturated carbocycles. The van der Waals surface area contributed by atoms with E-state index in [-0.39, 0.29) is 0 Å². The Hall–Kier alpha value is -1.60. The van der Waals surface area contributed by atoms with Crippen molar-refractivity contribution in [2.24, 2.45) is 0 Å². The molecule has 0 atom stereocenters. The Balaban J connectivity index is 1.95. The number of rotatable bonds is 3. The molecule has 2 aromatic heterocycles. The van der Waals surface area contributed by atoms with Crippen LogP contribution >= 0.6 is 27.7 Å². The minimum absolute atomic E-state index is 0.780. The lowest BCUT2D eigenvalue weighted by Crippen LogP contribution is -1.84. The highest BCUT2D eigenvalue weighted by atomic mass is 79.9. The van der Waals surface area contributed by atoms with Gasteiger partial charge in [0.05, 0.1) is 22.6 Å². The first kappa shape index (κ1) is 12.4. The van der Waals surface area contributed by atoms with Crippen LogP contribution in [-0.4, -0.2) is 27.0 Å². The summed E-state index contributed by atoms with van der Waals surface area (Å²) in [5.74, 6) is 0.802. The Labute approximate surface area is 122 Å². The average molecular weight is 337 g/mol. The fraction of sp³-hybridized carbons (Fsp3) is 0.0833. The Morgan fingerprint density at radius 2 is 2.26 bits per heavy atom. The van der Waals surface area contributed by atoms with E-state index >= 15 is 0 Å². The van der Waals surface area contributed by atoms with Gasteiger partial charge in [0.25, 0.3) is 0 Å². The van der Waals surface area contributed by atoms with Gasteiger partial charge in [0, 0.05) is 12.3 Å². The van der Waals surface area contributed by atoms with Crippen LogP contribution in [0.15, 0.2) is 45.4 Å². The minimum atomic E-state index is 0.780. The largest absolute Gasteiger partial charge is 0.497 e. The molecule has 0 aliphatic rings. The van der Waals surface area contributed by atoms with E-state index in [1.807, 2.05) is 18.2 Å². The molecule has 3 aromatic rings. The molecule has 0 aliphatic carbocycles. The maximum atomic E-state index is 5.19. The quantitative estimate of drug-likeness (QED) is 0.743. The molecule has 0 bridgehead atoms. The van der Waals surface area contributed by atoms with Gasteiger partial charge < -0.3 is 9.72 Å². The Morgan fingerprint density at radius 1 is 1.37 bits per heavy atom. The van der Waals surface area contributed by atoms with Gasteiger partial charge in [-0.3, -0.25) is 0 Å². The average Bonchev–Trinajstić information content (AvgIpc) is 2.82. The number of methoxy groups -OCH3 is 1. The summed E-state index contributed by atoms with van der Waals surface area (Å²) in [6.45, 7) is 0.